The summed E-state index contributed by atoms with van der Waals surface area (Å²) in [5, 5.41) is 5.96. The Kier molecular flexibility index (Phi) is 5.67. The van der Waals surface area contributed by atoms with Gasteiger partial charge in [-0.2, -0.15) is 10.1 Å². The zero-order valence-corrected chi connectivity index (χ0v) is 15.7. The van der Waals surface area contributed by atoms with Crippen LogP contribution in [-0.2, 0) is 0 Å². The van der Waals surface area contributed by atoms with Crippen molar-refractivity contribution in [2.75, 3.05) is 12.1 Å². The van der Waals surface area contributed by atoms with Crippen molar-refractivity contribution in [3.8, 4) is 5.75 Å². The fourth-order valence-corrected chi connectivity index (χ4v) is 2.82. The van der Waals surface area contributed by atoms with Gasteiger partial charge in [0, 0.05) is 5.56 Å². The summed E-state index contributed by atoms with van der Waals surface area (Å²) in [6.07, 6.45) is 1.67. The highest BCUT2D eigenvalue weighted by atomic mass is 16.5. The van der Waals surface area contributed by atoms with E-state index in [1.807, 2.05) is 74.5 Å². The lowest BCUT2D eigenvalue weighted by molar-refractivity contribution is 0.0987. The number of hydrogen-bond donors (Lipinski definition) is 0. The van der Waals surface area contributed by atoms with Gasteiger partial charge in [0.1, 0.15) is 5.75 Å². The number of ether oxygens (including phenoxy) is 1. The molecule has 0 N–H and O–H groups in total. The molecule has 0 spiro atoms. The maximum Gasteiger partial charge on any atom is 0.278 e. The lowest BCUT2D eigenvalue weighted by Crippen LogP contribution is -2.26. The highest BCUT2D eigenvalue weighted by molar-refractivity contribution is 6.07. The van der Waals surface area contributed by atoms with Gasteiger partial charge in [0.25, 0.3) is 5.91 Å². The van der Waals surface area contributed by atoms with Crippen molar-refractivity contribution in [1.29, 1.82) is 0 Å². The normalized spacial score (nSPS) is 10.8. The summed E-state index contributed by atoms with van der Waals surface area (Å²) < 4.78 is 5.25. The molecule has 0 unspecified atom stereocenters. The van der Waals surface area contributed by atoms with Crippen molar-refractivity contribution in [3.63, 3.8) is 0 Å². The molecule has 3 aromatic rings. The Labute approximate surface area is 159 Å². The number of methoxy groups -OCH3 is 1. The number of benzene rings is 3. The molecule has 4 heteroatoms. The number of hydrazone groups is 1. The molecule has 3 rings (SSSR count). The van der Waals surface area contributed by atoms with Crippen molar-refractivity contribution >= 4 is 17.8 Å². The second kappa shape index (κ2) is 8.32. The van der Waals surface area contributed by atoms with Gasteiger partial charge in [-0.25, -0.2) is 0 Å². The molecule has 0 heterocycles. The van der Waals surface area contributed by atoms with Gasteiger partial charge >= 0.3 is 0 Å². The molecule has 3 aromatic carbocycles. The van der Waals surface area contributed by atoms with Gasteiger partial charge in [0.05, 0.1) is 19.0 Å². The van der Waals surface area contributed by atoms with Crippen LogP contribution in [0, 0.1) is 13.8 Å². The average molecular weight is 358 g/mol. The predicted molar refractivity (Wildman–Crippen MR) is 110 cm³/mol. The van der Waals surface area contributed by atoms with Crippen LogP contribution < -0.4 is 9.75 Å². The van der Waals surface area contributed by atoms with Crippen molar-refractivity contribution in [2.45, 2.75) is 13.8 Å². The largest absolute Gasteiger partial charge is 0.497 e. The molecule has 0 saturated carbocycles. The Balaban J connectivity index is 2.01. The average Bonchev–Trinajstić information content (AvgIpc) is 2.70. The standard InChI is InChI=1S/C23H22N2O2/c1-17-12-13-22(18(2)14-17)25(23(26)20-9-5-4-6-10-20)24-16-19-8-7-11-21(15-19)27-3/h4-16H,1-3H3/b24-16+. The molecule has 0 aliphatic carbocycles. The third kappa shape index (κ3) is 4.42. The summed E-state index contributed by atoms with van der Waals surface area (Å²) in [5.41, 5.74) is 4.32. The van der Waals surface area contributed by atoms with Crippen LogP contribution in [0.1, 0.15) is 27.0 Å². The zero-order valence-electron chi connectivity index (χ0n) is 15.7. The third-order valence-electron chi connectivity index (χ3n) is 4.21. The lowest BCUT2D eigenvalue weighted by atomic mass is 10.1. The predicted octanol–water partition coefficient (Wildman–Crippen LogP) is 4.99. The van der Waals surface area contributed by atoms with Crippen LogP contribution in [0.2, 0.25) is 0 Å². The molecule has 0 bridgehead atoms. The van der Waals surface area contributed by atoms with Crippen LogP contribution in [0.4, 0.5) is 5.69 Å². The first-order valence-electron chi connectivity index (χ1n) is 8.73. The highest BCUT2D eigenvalue weighted by Crippen LogP contribution is 2.24. The summed E-state index contributed by atoms with van der Waals surface area (Å²) >= 11 is 0. The molecule has 0 aromatic heterocycles. The number of carbonyl (C=O) groups excluding carboxylic acids is 1. The van der Waals surface area contributed by atoms with Crippen LogP contribution in [0.15, 0.2) is 77.9 Å². The van der Waals surface area contributed by atoms with E-state index < -0.39 is 0 Å². The molecule has 27 heavy (non-hydrogen) atoms. The van der Waals surface area contributed by atoms with Crippen LogP contribution in [0.25, 0.3) is 0 Å². The molecular formula is C23H22N2O2. The van der Waals surface area contributed by atoms with E-state index in [2.05, 4.69) is 5.10 Å². The smallest absolute Gasteiger partial charge is 0.278 e. The van der Waals surface area contributed by atoms with Gasteiger partial charge in [-0.15, -0.1) is 0 Å². The Morgan fingerprint density at radius 1 is 0.963 bits per heavy atom. The first-order valence-corrected chi connectivity index (χ1v) is 8.73. The Morgan fingerprint density at radius 3 is 2.44 bits per heavy atom. The van der Waals surface area contributed by atoms with E-state index in [-0.39, 0.29) is 5.91 Å². The van der Waals surface area contributed by atoms with Gasteiger partial charge < -0.3 is 4.74 Å². The van der Waals surface area contributed by atoms with Crippen LogP contribution in [-0.4, -0.2) is 19.2 Å². The second-order valence-electron chi connectivity index (χ2n) is 6.29. The summed E-state index contributed by atoms with van der Waals surface area (Å²) in [7, 11) is 1.62. The number of rotatable bonds is 5. The minimum absolute atomic E-state index is 0.179. The molecule has 136 valence electrons. The number of aryl methyl sites for hydroxylation is 2. The zero-order chi connectivity index (χ0) is 19.2. The highest BCUT2D eigenvalue weighted by Gasteiger charge is 2.18. The number of carbonyl (C=O) groups is 1. The summed E-state index contributed by atoms with van der Waals surface area (Å²) in [5.74, 6) is 0.563. The first-order chi connectivity index (χ1) is 13.1. The van der Waals surface area contributed by atoms with Crippen molar-refractivity contribution in [3.05, 3.63) is 95.1 Å². The second-order valence-corrected chi connectivity index (χ2v) is 6.29. The van der Waals surface area contributed by atoms with E-state index in [4.69, 9.17) is 4.74 Å². The molecule has 1 amide bonds. The SMILES string of the molecule is COc1cccc(/C=N/N(C(=O)c2ccccc2)c2ccc(C)cc2C)c1. The fraction of sp³-hybridized carbons (Fsp3) is 0.130. The number of nitrogens with zero attached hydrogens (tertiary/aromatic N) is 2. The van der Waals surface area contributed by atoms with Crippen molar-refractivity contribution in [2.24, 2.45) is 5.10 Å². The maximum atomic E-state index is 13.1. The lowest BCUT2D eigenvalue weighted by Gasteiger charge is -2.20. The number of amides is 1. The van der Waals surface area contributed by atoms with Crippen LogP contribution in [0.3, 0.4) is 0 Å². The third-order valence-corrected chi connectivity index (χ3v) is 4.21. The summed E-state index contributed by atoms with van der Waals surface area (Å²) in [4.78, 5) is 13.1. The van der Waals surface area contributed by atoms with E-state index >= 15 is 0 Å². The van der Waals surface area contributed by atoms with E-state index in [0.29, 0.717) is 5.56 Å². The molecule has 0 atom stereocenters. The Morgan fingerprint density at radius 2 is 1.74 bits per heavy atom. The van der Waals surface area contributed by atoms with Crippen molar-refractivity contribution < 1.29 is 9.53 Å². The maximum absolute atomic E-state index is 13.1. The van der Waals surface area contributed by atoms with E-state index in [0.717, 1.165) is 28.1 Å². The number of hydrogen-bond acceptors (Lipinski definition) is 3. The molecule has 0 aliphatic heterocycles. The van der Waals surface area contributed by atoms with Gasteiger partial charge in [0.2, 0.25) is 0 Å². The van der Waals surface area contributed by atoms with Gasteiger partial charge in [-0.1, -0.05) is 48.0 Å². The monoisotopic (exact) mass is 358 g/mol. The first kappa shape index (κ1) is 18.4. The minimum Gasteiger partial charge on any atom is -0.497 e. The molecule has 4 nitrogen and oxygen atoms in total. The molecule has 0 radical (unpaired) electrons. The Hall–Kier alpha value is -3.40. The van der Waals surface area contributed by atoms with Gasteiger partial charge in [0.15, 0.2) is 0 Å². The van der Waals surface area contributed by atoms with Gasteiger partial charge in [-0.3, -0.25) is 4.79 Å². The summed E-state index contributed by atoms with van der Waals surface area (Å²) in [6.45, 7) is 4.01. The topological polar surface area (TPSA) is 41.9 Å². The van der Waals surface area contributed by atoms with E-state index in [1.54, 1.807) is 25.5 Å². The summed E-state index contributed by atoms with van der Waals surface area (Å²) in [6, 6.07) is 22.7. The van der Waals surface area contributed by atoms with E-state index in [1.165, 1.54) is 5.01 Å². The molecule has 0 fully saturated rings. The number of anilines is 1. The Bertz CT molecular complexity index is 965. The molecular weight excluding hydrogens is 336 g/mol. The van der Waals surface area contributed by atoms with Gasteiger partial charge in [-0.05, 0) is 55.3 Å². The molecule has 0 aliphatic rings. The molecule has 0 saturated heterocycles. The van der Waals surface area contributed by atoms with Crippen LogP contribution in [0.5, 0.6) is 5.75 Å². The quantitative estimate of drug-likeness (QED) is 0.476. The van der Waals surface area contributed by atoms with Crippen molar-refractivity contribution in [1.82, 2.24) is 0 Å². The fourth-order valence-electron chi connectivity index (χ4n) is 2.82. The van der Waals surface area contributed by atoms with Crippen LogP contribution >= 0.6 is 0 Å². The van der Waals surface area contributed by atoms with E-state index in [9.17, 15) is 4.79 Å². The minimum atomic E-state index is -0.179.